The second-order valence-corrected chi connectivity index (χ2v) is 9.06. The Balaban J connectivity index is 1.81. The quantitative estimate of drug-likeness (QED) is 0.834. The summed E-state index contributed by atoms with van der Waals surface area (Å²) in [5.41, 5.74) is 0.844. The molecule has 22 heavy (non-hydrogen) atoms. The van der Waals surface area contributed by atoms with E-state index in [0.717, 1.165) is 24.3 Å². The molecule has 1 aromatic rings. The predicted molar refractivity (Wildman–Crippen MR) is 90.9 cm³/mol. The van der Waals surface area contributed by atoms with E-state index in [1.807, 2.05) is 29.2 Å². The number of thioether (sulfide) groups is 1. The molecule has 120 valence electrons. The second kappa shape index (κ2) is 6.12. The van der Waals surface area contributed by atoms with Gasteiger partial charge in [-0.25, -0.2) is 8.42 Å². The molecular weight excluding hydrogens is 320 g/mol. The number of sulfone groups is 1. The molecule has 0 spiro atoms. The van der Waals surface area contributed by atoms with Crippen LogP contribution in [0.15, 0.2) is 24.3 Å². The molecule has 1 N–H and O–H groups in total. The highest BCUT2D eigenvalue weighted by molar-refractivity contribution is 8.15. The third-order valence-electron chi connectivity index (χ3n) is 3.95. The number of hydrogen-bond donors (Lipinski definition) is 1. The molecule has 0 aromatic heterocycles. The molecule has 0 aliphatic carbocycles. The van der Waals surface area contributed by atoms with Gasteiger partial charge in [0, 0.05) is 17.0 Å². The number of rotatable bonds is 5. The summed E-state index contributed by atoms with van der Waals surface area (Å²) in [5, 5.41) is 8.56. The summed E-state index contributed by atoms with van der Waals surface area (Å²) in [6, 6.07) is 7.47. The Kier molecular flexibility index (Phi) is 4.36. The lowest BCUT2D eigenvalue weighted by atomic mass is 10.2. The van der Waals surface area contributed by atoms with E-state index in [1.165, 1.54) is 11.8 Å². The zero-order valence-corrected chi connectivity index (χ0v) is 14.1. The number of nitrogens with one attached hydrogen (secondary N) is 1. The minimum atomic E-state index is -2.99. The smallest absolute Gasteiger partial charge is 0.161 e. The molecule has 7 heteroatoms. The topological polar surface area (TPSA) is 70.5 Å². The van der Waals surface area contributed by atoms with Crippen molar-refractivity contribution in [2.24, 2.45) is 0 Å². The molecule has 5 nitrogen and oxygen atoms in total. The molecule has 2 aliphatic rings. The monoisotopic (exact) mass is 340 g/mol. The van der Waals surface area contributed by atoms with Crippen molar-refractivity contribution in [3.05, 3.63) is 24.3 Å². The van der Waals surface area contributed by atoms with Crippen molar-refractivity contribution in [3.8, 4) is 5.75 Å². The Labute approximate surface area is 135 Å². The molecule has 0 saturated carbocycles. The molecule has 0 unspecified atom stereocenters. The van der Waals surface area contributed by atoms with Gasteiger partial charge in [-0.1, -0.05) is 31.2 Å². The van der Waals surface area contributed by atoms with Crippen LogP contribution in [0.25, 0.3) is 0 Å². The minimum Gasteiger partial charge on any atom is -0.494 e. The molecule has 1 aromatic carbocycles. The highest BCUT2D eigenvalue weighted by atomic mass is 32.2. The number of unbranched alkanes of at least 4 members (excludes halogenated alkanes) is 1. The van der Waals surface area contributed by atoms with Crippen LogP contribution in [0.2, 0.25) is 0 Å². The lowest BCUT2D eigenvalue weighted by molar-refractivity contribution is 0.309. The molecule has 0 amide bonds. The van der Waals surface area contributed by atoms with Gasteiger partial charge in [0.05, 0.1) is 24.2 Å². The van der Waals surface area contributed by atoms with Gasteiger partial charge in [0.1, 0.15) is 5.75 Å². The van der Waals surface area contributed by atoms with E-state index in [2.05, 4.69) is 6.92 Å². The van der Waals surface area contributed by atoms with Crippen LogP contribution >= 0.6 is 11.8 Å². The number of benzene rings is 1. The zero-order chi connectivity index (χ0) is 15.7. The number of anilines is 1. The third kappa shape index (κ3) is 3.10. The number of amidine groups is 1. The van der Waals surface area contributed by atoms with Gasteiger partial charge in [-0.3, -0.25) is 5.41 Å². The van der Waals surface area contributed by atoms with E-state index < -0.39 is 9.84 Å². The fourth-order valence-electron chi connectivity index (χ4n) is 2.87. The zero-order valence-electron chi connectivity index (χ0n) is 12.5. The van der Waals surface area contributed by atoms with Gasteiger partial charge in [-0.15, -0.1) is 0 Å². The second-order valence-electron chi connectivity index (χ2n) is 5.68. The molecule has 2 fully saturated rings. The maximum Gasteiger partial charge on any atom is 0.161 e. The summed E-state index contributed by atoms with van der Waals surface area (Å²) in [6.45, 7) is 2.79. The Morgan fingerprint density at radius 1 is 1.41 bits per heavy atom. The van der Waals surface area contributed by atoms with Crippen molar-refractivity contribution in [1.29, 1.82) is 5.41 Å². The van der Waals surface area contributed by atoms with Crippen LogP contribution < -0.4 is 9.64 Å². The summed E-state index contributed by atoms with van der Waals surface area (Å²) in [6.07, 6.45) is 2.08. The van der Waals surface area contributed by atoms with Gasteiger partial charge < -0.3 is 9.64 Å². The summed E-state index contributed by atoms with van der Waals surface area (Å²) in [5.74, 6) is 1.08. The summed E-state index contributed by atoms with van der Waals surface area (Å²) < 4.78 is 29.4. The van der Waals surface area contributed by atoms with Crippen LogP contribution in [0.5, 0.6) is 5.75 Å². The summed E-state index contributed by atoms with van der Waals surface area (Å²) in [7, 11) is -2.99. The lowest BCUT2D eigenvalue weighted by Gasteiger charge is -2.24. The van der Waals surface area contributed by atoms with Gasteiger partial charge in [-0.2, -0.15) is 0 Å². The van der Waals surface area contributed by atoms with Crippen molar-refractivity contribution >= 4 is 32.5 Å². The maximum atomic E-state index is 11.8. The fraction of sp³-hybridized carbons (Fsp3) is 0.533. The molecule has 0 radical (unpaired) electrons. The van der Waals surface area contributed by atoms with Crippen LogP contribution in [0.4, 0.5) is 5.69 Å². The van der Waals surface area contributed by atoms with Crippen molar-refractivity contribution in [1.82, 2.24) is 0 Å². The van der Waals surface area contributed by atoms with Gasteiger partial charge >= 0.3 is 0 Å². The molecular formula is C15H20N2O3S2. The fourth-order valence-corrected chi connectivity index (χ4v) is 6.66. The van der Waals surface area contributed by atoms with Crippen molar-refractivity contribution < 1.29 is 13.2 Å². The lowest BCUT2D eigenvalue weighted by Crippen LogP contribution is -2.37. The molecule has 3 rings (SSSR count). The van der Waals surface area contributed by atoms with E-state index in [1.54, 1.807) is 0 Å². The molecule has 2 heterocycles. The Bertz CT molecular complexity index is 675. The van der Waals surface area contributed by atoms with E-state index in [4.69, 9.17) is 10.1 Å². The average Bonchev–Trinajstić information content (AvgIpc) is 2.89. The van der Waals surface area contributed by atoms with Crippen molar-refractivity contribution in [3.63, 3.8) is 0 Å². The van der Waals surface area contributed by atoms with Gasteiger partial charge in [0.15, 0.2) is 15.0 Å². The Hall–Kier alpha value is -1.21. The highest BCUT2D eigenvalue weighted by Crippen LogP contribution is 2.40. The molecule has 0 bridgehead atoms. The van der Waals surface area contributed by atoms with E-state index >= 15 is 0 Å². The summed E-state index contributed by atoms with van der Waals surface area (Å²) >= 11 is 1.36. The predicted octanol–water partition coefficient (Wildman–Crippen LogP) is 2.52. The van der Waals surface area contributed by atoms with Crippen LogP contribution in [-0.4, -0.2) is 43.0 Å². The number of hydrogen-bond acceptors (Lipinski definition) is 5. The molecule has 2 atom stereocenters. The first-order valence-electron chi connectivity index (χ1n) is 7.48. The van der Waals surface area contributed by atoms with E-state index in [0.29, 0.717) is 11.8 Å². The first kappa shape index (κ1) is 15.7. The minimum absolute atomic E-state index is 0.0258. The van der Waals surface area contributed by atoms with Gasteiger partial charge in [0.2, 0.25) is 0 Å². The first-order valence-corrected chi connectivity index (χ1v) is 10.2. The maximum absolute atomic E-state index is 11.8. The SMILES string of the molecule is CCCCOc1cccc(N2C(=N)S[C@H]3CS(=O)(=O)C[C@H]32)c1. The number of nitrogens with zero attached hydrogens (tertiary/aromatic N) is 1. The van der Waals surface area contributed by atoms with Crippen LogP contribution in [0, 0.1) is 5.41 Å². The standard InChI is InChI=1S/C15H20N2O3S2/c1-2-3-7-20-12-6-4-5-11(8-12)17-13-9-22(18,19)10-14(13)21-15(17)16/h4-6,8,13-14,16H,2-3,7,9-10H2,1H3/t13-,14+/m1/s1. The number of ether oxygens (including phenoxy) is 1. The van der Waals surface area contributed by atoms with Gasteiger partial charge in [-0.05, 0) is 18.6 Å². The molecule has 2 saturated heterocycles. The van der Waals surface area contributed by atoms with E-state index in [-0.39, 0.29) is 22.8 Å². The van der Waals surface area contributed by atoms with Crippen molar-refractivity contribution in [2.45, 2.75) is 31.1 Å². The van der Waals surface area contributed by atoms with Crippen LogP contribution in [0.1, 0.15) is 19.8 Å². The third-order valence-corrected chi connectivity index (χ3v) is 7.08. The van der Waals surface area contributed by atoms with E-state index in [9.17, 15) is 8.42 Å². The first-order chi connectivity index (χ1) is 10.5. The molecule has 2 aliphatic heterocycles. The Morgan fingerprint density at radius 3 is 3.00 bits per heavy atom. The average molecular weight is 340 g/mol. The van der Waals surface area contributed by atoms with Crippen LogP contribution in [0.3, 0.4) is 0 Å². The Morgan fingerprint density at radius 2 is 2.23 bits per heavy atom. The highest BCUT2D eigenvalue weighted by Gasteiger charge is 2.48. The normalized spacial score (nSPS) is 26.2. The summed E-state index contributed by atoms with van der Waals surface area (Å²) in [4.78, 5) is 1.84. The van der Waals surface area contributed by atoms with Crippen LogP contribution in [-0.2, 0) is 9.84 Å². The van der Waals surface area contributed by atoms with Gasteiger partial charge in [0.25, 0.3) is 0 Å². The largest absolute Gasteiger partial charge is 0.494 e. The number of fused-ring (bicyclic) bond motifs is 1. The van der Waals surface area contributed by atoms with Crippen molar-refractivity contribution in [2.75, 3.05) is 23.0 Å².